The van der Waals surface area contributed by atoms with Gasteiger partial charge >= 0.3 is 0 Å². The van der Waals surface area contributed by atoms with E-state index in [4.69, 9.17) is 10.2 Å². The highest BCUT2D eigenvalue weighted by Gasteiger charge is 1.92. The number of rotatable bonds is 3. The molecule has 0 radical (unpaired) electrons. The molecule has 3 heteroatoms. The van der Waals surface area contributed by atoms with Crippen LogP contribution in [0.4, 0.5) is 0 Å². The standard InChI is InChI=1S/C4H10O3/c1-7-3-2-4(5)6/h4-6H,2-3H2,1H3. The van der Waals surface area contributed by atoms with E-state index in [1.165, 1.54) is 7.11 Å². The van der Waals surface area contributed by atoms with Crippen molar-refractivity contribution >= 4 is 0 Å². The molecule has 44 valence electrons. The Balaban J connectivity index is 2.68. The van der Waals surface area contributed by atoms with Crippen molar-refractivity contribution in [3.8, 4) is 0 Å². The average Bonchev–Trinajstić information content (AvgIpc) is 1.61. The Hall–Kier alpha value is -0.120. The molecule has 0 spiro atoms. The van der Waals surface area contributed by atoms with E-state index in [1.54, 1.807) is 0 Å². The lowest BCUT2D eigenvalue weighted by Gasteiger charge is -1.98. The van der Waals surface area contributed by atoms with Crippen molar-refractivity contribution in [1.82, 2.24) is 0 Å². The zero-order chi connectivity index (χ0) is 5.70. The van der Waals surface area contributed by atoms with Gasteiger partial charge in [-0.3, -0.25) is 0 Å². The molecule has 3 nitrogen and oxygen atoms in total. The van der Waals surface area contributed by atoms with Crippen LogP contribution in [0.25, 0.3) is 0 Å². The average molecular weight is 106 g/mol. The fourth-order valence-electron chi connectivity index (χ4n) is 0.223. The van der Waals surface area contributed by atoms with Crippen molar-refractivity contribution in [3.63, 3.8) is 0 Å². The predicted octanol–water partition coefficient (Wildman–Crippen LogP) is -0.666. The van der Waals surface area contributed by atoms with Gasteiger partial charge in [-0.15, -0.1) is 0 Å². The molecular weight excluding hydrogens is 96.0 g/mol. The lowest BCUT2D eigenvalue weighted by atomic mass is 10.4. The van der Waals surface area contributed by atoms with Crippen LogP contribution in [0.1, 0.15) is 6.42 Å². The summed E-state index contributed by atoms with van der Waals surface area (Å²) >= 11 is 0. The first kappa shape index (κ1) is 6.88. The van der Waals surface area contributed by atoms with E-state index in [2.05, 4.69) is 4.74 Å². The van der Waals surface area contributed by atoms with Gasteiger partial charge in [-0.2, -0.15) is 0 Å². The summed E-state index contributed by atoms with van der Waals surface area (Å²) in [7, 11) is 1.52. The van der Waals surface area contributed by atoms with Crippen LogP contribution in [0.3, 0.4) is 0 Å². The Morgan fingerprint density at radius 2 is 2.14 bits per heavy atom. The molecule has 0 aromatic rings. The molecule has 0 fully saturated rings. The second-order valence-electron chi connectivity index (χ2n) is 1.26. The highest BCUT2D eigenvalue weighted by atomic mass is 16.5. The lowest BCUT2D eigenvalue weighted by Crippen LogP contribution is -2.06. The second kappa shape index (κ2) is 4.05. The normalized spacial score (nSPS) is 10.3. The summed E-state index contributed by atoms with van der Waals surface area (Å²) in [6.07, 6.45) is -0.934. The van der Waals surface area contributed by atoms with E-state index in [0.717, 1.165) is 0 Å². The van der Waals surface area contributed by atoms with E-state index in [0.29, 0.717) is 6.61 Å². The molecule has 0 saturated carbocycles. The van der Waals surface area contributed by atoms with Crippen LogP contribution in [0.2, 0.25) is 0 Å². The van der Waals surface area contributed by atoms with Crippen molar-refractivity contribution in [1.29, 1.82) is 0 Å². The Bertz CT molecular complexity index is 35.9. The second-order valence-corrected chi connectivity index (χ2v) is 1.26. The van der Waals surface area contributed by atoms with Gasteiger partial charge in [0.05, 0.1) is 6.61 Å². The maximum absolute atomic E-state index is 8.16. The number of hydrogen-bond acceptors (Lipinski definition) is 3. The SMILES string of the molecule is COCCC(O)O. The Morgan fingerprint density at radius 1 is 1.57 bits per heavy atom. The van der Waals surface area contributed by atoms with E-state index in [9.17, 15) is 0 Å². The number of hydrogen-bond donors (Lipinski definition) is 2. The summed E-state index contributed by atoms with van der Waals surface area (Å²) < 4.78 is 4.53. The number of aliphatic hydroxyl groups excluding tert-OH is 1. The number of ether oxygens (including phenoxy) is 1. The third-order valence-corrected chi connectivity index (χ3v) is 0.580. The summed E-state index contributed by atoms with van der Waals surface area (Å²) in [6.45, 7) is 0.400. The minimum atomic E-state index is -1.22. The summed E-state index contributed by atoms with van der Waals surface area (Å²) in [5.41, 5.74) is 0. The van der Waals surface area contributed by atoms with Crippen LogP contribution < -0.4 is 0 Å². The quantitative estimate of drug-likeness (QED) is 0.469. The summed E-state index contributed by atoms with van der Waals surface area (Å²) in [4.78, 5) is 0. The molecule has 0 aromatic heterocycles. The van der Waals surface area contributed by atoms with Gasteiger partial charge in [0, 0.05) is 13.5 Å². The molecule has 0 rings (SSSR count). The molecule has 7 heavy (non-hydrogen) atoms. The van der Waals surface area contributed by atoms with Crippen LogP contribution in [0.15, 0.2) is 0 Å². The first-order valence-electron chi connectivity index (χ1n) is 2.12. The van der Waals surface area contributed by atoms with Crippen molar-refractivity contribution in [3.05, 3.63) is 0 Å². The Kier molecular flexibility index (Phi) is 3.98. The van der Waals surface area contributed by atoms with E-state index < -0.39 is 6.29 Å². The molecule has 0 aliphatic rings. The molecule has 0 aromatic carbocycles. The largest absolute Gasteiger partial charge is 0.384 e. The predicted molar refractivity (Wildman–Crippen MR) is 24.7 cm³/mol. The molecule has 2 N–H and O–H groups in total. The summed E-state index contributed by atoms with van der Waals surface area (Å²) in [5, 5.41) is 16.3. The van der Waals surface area contributed by atoms with Gasteiger partial charge in [0.25, 0.3) is 0 Å². The highest BCUT2D eigenvalue weighted by Crippen LogP contribution is 1.83. The molecular formula is C4H10O3. The van der Waals surface area contributed by atoms with Crippen molar-refractivity contribution in [2.24, 2.45) is 0 Å². The first-order chi connectivity index (χ1) is 3.27. The molecule has 0 bridgehead atoms. The minimum Gasteiger partial charge on any atom is -0.384 e. The molecule has 0 saturated heterocycles. The van der Waals surface area contributed by atoms with Gasteiger partial charge in [0.2, 0.25) is 0 Å². The molecule has 0 atom stereocenters. The number of aliphatic hydroxyl groups is 2. The Labute approximate surface area is 42.5 Å². The van der Waals surface area contributed by atoms with Gasteiger partial charge < -0.3 is 14.9 Å². The topological polar surface area (TPSA) is 49.7 Å². The zero-order valence-electron chi connectivity index (χ0n) is 4.29. The number of methoxy groups -OCH3 is 1. The maximum Gasteiger partial charge on any atom is 0.153 e. The van der Waals surface area contributed by atoms with Gasteiger partial charge in [0.1, 0.15) is 0 Å². The van der Waals surface area contributed by atoms with Crippen molar-refractivity contribution in [2.75, 3.05) is 13.7 Å². The third kappa shape index (κ3) is 5.88. The van der Waals surface area contributed by atoms with E-state index in [-0.39, 0.29) is 6.42 Å². The summed E-state index contributed by atoms with van der Waals surface area (Å²) in [5.74, 6) is 0. The van der Waals surface area contributed by atoms with E-state index >= 15 is 0 Å². The molecule has 0 amide bonds. The summed E-state index contributed by atoms with van der Waals surface area (Å²) in [6, 6.07) is 0. The van der Waals surface area contributed by atoms with Gasteiger partial charge in [-0.05, 0) is 0 Å². The minimum absolute atomic E-state index is 0.288. The third-order valence-electron chi connectivity index (χ3n) is 0.580. The molecule has 0 aliphatic carbocycles. The molecule has 0 aliphatic heterocycles. The van der Waals surface area contributed by atoms with Crippen LogP contribution >= 0.6 is 0 Å². The molecule has 0 heterocycles. The van der Waals surface area contributed by atoms with Crippen LogP contribution in [0, 0.1) is 0 Å². The monoisotopic (exact) mass is 106 g/mol. The van der Waals surface area contributed by atoms with Gasteiger partial charge in [-0.1, -0.05) is 0 Å². The van der Waals surface area contributed by atoms with E-state index in [1.807, 2.05) is 0 Å². The first-order valence-corrected chi connectivity index (χ1v) is 2.12. The molecule has 0 unspecified atom stereocenters. The van der Waals surface area contributed by atoms with Crippen LogP contribution in [-0.2, 0) is 4.74 Å². The highest BCUT2D eigenvalue weighted by molar-refractivity contribution is 4.33. The van der Waals surface area contributed by atoms with Crippen LogP contribution in [0.5, 0.6) is 0 Å². The van der Waals surface area contributed by atoms with Gasteiger partial charge in [-0.25, -0.2) is 0 Å². The van der Waals surface area contributed by atoms with Crippen molar-refractivity contribution in [2.45, 2.75) is 12.7 Å². The lowest BCUT2D eigenvalue weighted by molar-refractivity contribution is -0.0573. The van der Waals surface area contributed by atoms with Crippen molar-refractivity contribution < 1.29 is 14.9 Å². The smallest absolute Gasteiger partial charge is 0.153 e. The zero-order valence-corrected chi connectivity index (χ0v) is 4.29. The van der Waals surface area contributed by atoms with Gasteiger partial charge in [0.15, 0.2) is 6.29 Å². The van der Waals surface area contributed by atoms with Crippen LogP contribution in [-0.4, -0.2) is 30.2 Å². The Morgan fingerprint density at radius 3 is 2.29 bits per heavy atom. The fraction of sp³-hybridized carbons (Fsp3) is 1.00. The maximum atomic E-state index is 8.16. The fourth-order valence-corrected chi connectivity index (χ4v) is 0.223.